The molecule has 1 aliphatic rings. The monoisotopic (exact) mass is 230 g/mol. The summed E-state index contributed by atoms with van der Waals surface area (Å²) in [4.78, 5) is 4.57. The Morgan fingerprint density at radius 1 is 1.53 bits per heavy atom. The van der Waals surface area contributed by atoms with Crippen LogP contribution in [0, 0.1) is 11.3 Å². The number of anilines is 1. The number of nitrogens with zero attached hydrogens (tertiary/aromatic N) is 2. The highest BCUT2D eigenvalue weighted by Gasteiger charge is 2.14. The first-order valence-electron chi connectivity index (χ1n) is 6.13. The molecule has 0 amide bonds. The van der Waals surface area contributed by atoms with Crippen LogP contribution in [0.3, 0.4) is 0 Å². The van der Waals surface area contributed by atoms with E-state index < -0.39 is 0 Å². The van der Waals surface area contributed by atoms with Gasteiger partial charge in [-0.2, -0.15) is 5.26 Å². The van der Waals surface area contributed by atoms with Crippen molar-refractivity contribution in [2.75, 3.05) is 11.9 Å². The van der Waals surface area contributed by atoms with Gasteiger partial charge in [0.2, 0.25) is 0 Å². The van der Waals surface area contributed by atoms with E-state index in [0.717, 1.165) is 18.5 Å². The maximum atomic E-state index is 9.12. The van der Waals surface area contributed by atoms with Crippen molar-refractivity contribution < 1.29 is 0 Å². The Labute approximate surface area is 102 Å². The van der Waals surface area contributed by atoms with Crippen molar-refractivity contribution in [3.05, 3.63) is 22.9 Å². The van der Waals surface area contributed by atoms with Gasteiger partial charge in [0.15, 0.2) is 0 Å². The molecule has 0 aliphatic heterocycles. The van der Waals surface area contributed by atoms with Crippen LogP contribution in [-0.4, -0.2) is 17.6 Å². The number of aryl methyl sites for hydroxylation is 2. The van der Waals surface area contributed by atoms with Crippen LogP contribution in [0.1, 0.15) is 36.6 Å². The summed E-state index contributed by atoms with van der Waals surface area (Å²) >= 11 is 0. The summed E-state index contributed by atoms with van der Waals surface area (Å²) in [6, 6.07) is 4.24. The average Bonchev–Trinajstić information content (AvgIpc) is 2.35. The molecule has 0 radical (unpaired) electrons. The van der Waals surface area contributed by atoms with E-state index in [-0.39, 0.29) is 6.04 Å². The van der Waals surface area contributed by atoms with Gasteiger partial charge in [0.1, 0.15) is 11.9 Å². The molecule has 1 heterocycles. The Bertz CT molecular complexity index is 445. The molecule has 1 aromatic heterocycles. The lowest BCUT2D eigenvalue weighted by Crippen LogP contribution is -2.26. The van der Waals surface area contributed by atoms with Crippen molar-refractivity contribution in [2.45, 2.75) is 38.6 Å². The van der Waals surface area contributed by atoms with Crippen molar-refractivity contribution in [3.63, 3.8) is 0 Å². The molecule has 0 saturated heterocycles. The highest BCUT2D eigenvalue weighted by Crippen LogP contribution is 2.24. The normalized spacial score (nSPS) is 15.8. The topological polar surface area (TPSA) is 74.7 Å². The molecule has 0 bridgehead atoms. The fourth-order valence-electron chi connectivity index (χ4n) is 2.11. The summed E-state index contributed by atoms with van der Waals surface area (Å²) < 4.78 is 0. The highest BCUT2D eigenvalue weighted by atomic mass is 15.0. The third-order valence-electron chi connectivity index (χ3n) is 3.01. The SMILES string of the molecule is CC(N)CNc1nc2c(cc1C#N)CCCC2. The van der Waals surface area contributed by atoms with Crippen molar-refractivity contribution in [1.82, 2.24) is 4.98 Å². The third kappa shape index (κ3) is 2.75. The van der Waals surface area contributed by atoms with Crippen LogP contribution in [0.15, 0.2) is 6.07 Å². The number of hydrogen-bond acceptors (Lipinski definition) is 4. The number of aromatic nitrogens is 1. The molecule has 4 nitrogen and oxygen atoms in total. The molecule has 2 rings (SSSR count). The van der Waals surface area contributed by atoms with Crippen molar-refractivity contribution in [2.24, 2.45) is 5.73 Å². The van der Waals surface area contributed by atoms with Crippen LogP contribution in [0.5, 0.6) is 0 Å². The minimum Gasteiger partial charge on any atom is -0.367 e. The van der Waals surface area contributed by atoms with Crippen molar-refractivity contribution >= 4 is 5.82 Å². The number of nitrogens with two attached hydrogens (primary N) is 1. The summed E-state index contributed by atoms with van der Waals surface area (Å²) in [6.07, 6.45) is 4.46. The summed E-state index contributed by atoms with van der Waals surface area (Å²) in [7, 11) is 0. The van der Waals surface area contributed by atoms with Gasteiger partial charge < -0.3 is 11.1 Å². The van der Waals surface area contributed by atoms with Gasteiger partial charge in [-0.3, -0.25) is 0 Å². The first-order chi connectivity index (χ1) is 8.20. The molecular weight excluding hydrogens is 212 g/mol. The Morgan fingerprint density at radius 2 is 2.29 bits per heavy atom. The van der Waals surface area contributed by atoms with Crippen molar-refractivity contribution in [1.29, 1.82) is 5.26 Å². The molecule has 90 valence electrons. The zero-order valence-corrected chi connectivity index (χ0v) is 10.2. The second-order valence-corrected chi connectivity index (χ2v) is 4.67. The molecule has 1 aromatic rings. The van der Waals surface area contributed by atoms with Gasteiger partial charge in [-0.05, 0) is 44.2 Å². The summed E-state index contributed by atoms with van der Waals surface area (Å²) in [5.74, 6) is 0.686. The maximum absolute atomic E-state index is 9.12. The van der Waals surface area contributed by atoms with Crippen LogP contribution in [0.4, 0.5) is 5.82 Å². The van der Waals surface area contributed by atoms with E-state index in [1.807, 2.05) is 13.0 Å². The van der Waals surface area contributed by atoms with Gasteiger partial charge in [0.05, 0.1) is 5.56 Å². The van der Waals surface area contributed by atoms with E-state index in [1.54, 1.807) is 0 Å². The summed E-state index contributed by atoms with van der Waals surface area (Å²) in [6.45, 7) is 2.57. The number of hydrogen-bond donors (Lipinski definition) is 2. The molecule has 0 aromatic carbocycles. The minimum absolute atomic E-state index is 0.0550. The second-order valence-electron chi connectivity index (χ2n) is 4.67. The molecule has 0 spiro atoms. The molecule has 4 heteroatoms. The predicted octanol–water partition coefficient (Wildman–Crippen LogP) is 1.59. The molecule has 17 heavy (non-hydrogen) atoms. The maximum Gasteiger partial charge on any atom is 0.144 e. The quantitative estimate of drug-likeness (QED) is 0.827. The highest BCUT2D eigenvalue weighted by molar-refractivity contribution is 5.54. The smallest absolute Gasteiger partial charge is 0.144 e. The Hall–Kier alpha value is -1.60. The minimum atomic E-state index is 0.0550. The lowest BCUT2D eigenvalue weighted by atomic mass is 9.95. The molecule has 0 saturated carbocycles. The number of pyridine rings is 1. The van der Waals surface area contributed by atoms with Crippen LogP contribution < -0.4 is 11.1 Å². The van der Waals surface area contributed by atoms with Gasteiger partial charge in [-0.15, -0.1) is 0 Å². The zero-order valence-electron chi connectivity index (χ0n) is 10.2. The Kier molecular flexibility index (Phi) is 3.60. The second kappa shape index (κ2) is 5.15. The summed E-state index contributed by atoms with van der Waals surface area (Å²) in [5.41, 5.74) is 8.70. The third-order valence-corrected chi connectivity index (χ3v) is 3.01. The molecule has 3 N–H and O–H groups in total. The van der Waals surface area contributed by atoms with Gasteiger partial charge in [0.25, 0.3) is 0 Å². The van der Waals surface area contributed by atoms with E-state index >= 15 is 0 Å². The van der Waals surface area contributed by atoms with Gasteiger partial charge in [0, 0.05) is 18.3 Å². The van der Waals surface area contributed by atoms with Gasteiger partial charge in [-0.25, -0.2) is 4.98 Å². The fourth-order valence-corrected chi connectivity index (χ4v) is 2.11. The van der Waals surface area contributed by atoms with E-state index in [9.17, 15) is 0 Å². The molecule has 1 atom stereocenters. The van der Waals surface area contributed by atoms with Gasteiger partial charge >= 0.3 is 0 Å². The Morgan fingerprint density at radius 3 is 3.00 bits per heavy atom. The van der Waals surface area contributed by atoms with E-state index in [2.05, 4.69) is 16.4 Å². The van der Waals surface area contributed by atoms with E-state index in [4.69, 9.17) is 11.0 Å². The van der Waals surface area contributed by atoms with E-state index in [1.165, 1.54) is 18.4 Å². The Balaban J connectivity index is 2.27. The van der Waals surface area contributed by atoms with Crippen LogP contribution in [-0.2, 0) is 12.8 Å². The van der Waals surface area contributed by atoms with Crippen LogP contribution >= 0.6 is 0 Å². The predicted molar refractivity (Wildman–Crippen MR) is 67.7 cm³/mol. The molecule has 0 fully saturated rings. The molecule has 1 unspecified atom stereocenters. The zero-order chi connectivity index (χ0) is 12.3. The standard InChI is InChI=1S/C13H18N4/c1-9(15)8-16-13-11(7-14)6-10-4-2-3-5-12(10)17-13/h6,9H,2-5,8,15H2,1H3,(H,16,17). The van der Waals surface area contributed by atoms with Gasteiger partial charge in [-0.1, -0.05) is 0 Å². The van der Waals surface area contributed by atoms with Crippen LogP contribution in [0.2, 0.25) is 0 Å². The van der Waals surface area contributed by atoms with Crippen LogP contribution in [0.25, 0.3) is 0 Å². The number of nitriles is 1. The van der Waals surface area contributed by atoms with Crippen molar-refractivity contribution in [3.8, 4) is 6.07 Å². The molecular formula is C13H18N4. The fraction of sp³-hybridized carbons (Fsp3) is 0.538. The average molecular weight is 230 g/mol. The number of fused-ring (bicyclic) bond motifs is 1. The lowest BCUT2D eigenvalue weighted by molar-refractivity contribution is 0.667. The number of rotatable bonds is 3. The first-order valence-corrected chi connectivity index (χ1v) is 6.13. The largest absolute Gasteiger partial charge is 0.367 e. The number of nitrogens with one attached hydrogen (secondary N) is 1. The molecule has 1 aliphatic carbocycles. The first kappa shape index (κ1) is 11.9. The summed E-state index contributed by atoms with van der Waals surface area (Å²) in [5, 5.41) is 12.3. The lowest BCUT2D eigenvalue weighted by Gasteiger charge is -2.17. The van der Waals surface area contributed by atoms with E-state index in [0.29, 0.717) is 17.9 Å².